The van der Waals surface area contributed by atoms with Crippen LogP contribution in [0.25, 0.3) is 0 Å². The molecule has 128 valence electrons. The van der Waals surface area contributed by atoms with Crippen LogP contribution in [0.2, 0.25) is 0 Å². The Morgan fingerprint density at radius 2 is 2.00 bits per heavy atom. The fraction of sp³-hybridized carbons (Fsp3) is 0.312. The SMILES string of the molecule is CC(C)c1ccc([N+](=O)[O-])cc1S(=O)(=O)NCCc1ccccn1. The third-order valence-corrected chi connectivity index (χ3v) is 5.04. The number of hydrogen-bond donors (Lipinski definition) is 1. The molecular weight excluding hydrogens is 330 g/mol. The van der Waals surface area contributed by atoms with Gasteiger partial charge in [0.1, 0.15) is 0 Å². The van der Waals surface area contributed by atoms with Crippen molar-refractivity contribution in [3.05, 3.63) is 64.0 Å². The Morgan fingerprint density at radius 1 is 1.25 bits per heavy atom. The quantitative estimate of drug-likeness (QED) is 0.611. The van der Waals surface area contributed by atoms with Gasteiger partial charge >= 0.3 is 0 Å². The molecular formula is C16H19N3O4S. The Labute approximate surface area is 140 Å². The van der Waals surface area contributed by atoms with Crippen LogP contribution in [0.3, 0.4) is 0 Å². The van der Waals surface area contributed by atoms with Crippen molar-refractivity contribution >= 4 is 15.7 Å². The first-order valence-electron chi connectivity index (χ1n) is 7.49. The highest BCUT2D eigenvalue weighted by atomic mass is 32.2. The summed E-state index contributed by atoms with van der Waals surface area (Å²) in [6, 6.07) is 9.35. The van der Waals surface area contributed by atoms with Crippen LogP contribution >= 0.6 is 0 Å². The van der Waals surface area contributed by atoms with E-state index in [1.54, 1.807) is 18.3 Å². The Kier molecular flexibility index (Phi) is 5.63. The van der Waals surface area contributed by atoms with Crippen molar-refractivity contribution in [1.82, 2.24) is 9.71 Å². The lowest BCUT2D eigenvalue weighted by Gasteiger charge is -2.13. The maximum absolute atomic E-state index is 12.6. The van der Waals surface area contributed by atoms with Crippen LogP contribution < -0.4 is 4.72 Å². The number of rotatable bonds is 7. The van der Waals surface area contributed by atoms with Crippen LogP contribution in [0.15, 0.2) is 47.5 Å². The molecule has 7 nitrogen and oxygen atoms in total. The fourth-order valence-electron chi connectivity index (χ4n) is 2.28. The topological polar surface area (TPSA) is 102 Å². The second-order valence-electron chi connectivity index (χ2n) is 5.60. The second-order valence-corrected chi connectivity index (χ2v) is 7.34. The number of non-ortho nitro benzene ring substituents is 1. The molecule has 1 N–H and O–H groups in total. The molecule has 1 heterocycles. The smallest absolute Gasteiger partial charge is 0.261 e. The largest absolute Gasteiger partial charge is 0.270 e. The number of nitro groups is 1. The second kappa shape index (κ2) is 7.50. The molecule has 2 aromatic rings. The number of nitrogens with one attached hydrogen (secondary N) is 1. The van der Waals surface area contributed by atoms with Crippen molar-refractivity contribution in [3.8, 4) is 0 Å². The summed E-state index contributed by atoms with van der Waals surface area (Å²) in [5.41, 5.74) is 1.07. The van der Waals surface area contributed by atoms with Gasteiger partial charge < -0.3 is 0 Å². The van der Waals surface area contributed by atoms with Crippen LogP contribution in [0.4, 0.5) is 5.69 Å². The normalized spacial score (nSPS) is 11.6. The van der Waals surface area contributed by atoms with E-state index in [1.807, 2.05) is 19.9 Å². The number of nitrogens with zero attached hydrogens (tertiary/aromatic N) is 2. The van der Waals surface area contributed by atoms with Crippen LogP contribution in [0.5, 0.6) is 0 Å². The molecule has 0 amide bonds. The highest BCUT2D eigenvalue weighted by Gasteiger charge is 2.23. The Hall–Kier alpha value is -2.32. The molecule has 1 aromatic carbocycles. The summed E-state index contributed by atoms with van der Waals surface area (Å²) < 4.78 is 27.6. The molecule has 0 fully saturated rings. The molecule has 0 aliphatic rings. The van der Waals surface area contributed by atoms with Crippen molar-refractivity contribution in [2.45, 2.75) is 31.1 Å². The zero-order valence-corrected chi connectivity index (χ0v) is 14.3. The van der Waals surface area contributed by atoms with Gasteiger partial charge in [-0.1, -0.05) is 26.0 Å². The van der Waals surface area contributed by atoms with Crippen LogP contribution in [0, 0.1) is 10.1 Å². The van der Waals surface area contributed by atoms with Gasteiger partial charge in [-0.3, -0.25) is 15.1 Å². The summed E-state index contributed by atoms with van der Waals surface area (Å²) in [6.45, 7) is 3.85. The van der Waals surface area contributed by atoms with Crippen LogP contribution in [-0.2, 0) is 16.4 Å². The van der Waals surface area contributed by atoms with Gasteiger partial charge in [-0.2, -0.15) is 0 Å². The van der Waals surface area contributed by atoms with Crippen molar-refractivity contribution in [2.75, 3.05) is 6.54 Å². The molecule has 0 radical (unpaired) electrons. The molecule has 0 aliphatic heterocycles. The van der Waals surface area contributed by atoms with E-state index in [2.05, 4.69) is 9.71 Å². The molecule has 0 aliphatic carbocycles. The van der Waals surface area contributed by atoms with E-state index in [4.69, 9.17) is 0 Å². The molecule has 0 saturated carbocycles. The summed E-state index contributed by atoms with van der Waals surface area (Å²) in [5, 5.41) is 10.9. The summed E-state index contributed by atoms with van der Waals surface area (Å²) in [6.07, 6.45) is 2.08. The summed E-state index contributed by atoms with van der Waals surface area (Å²) in [5.74, 6) is -0.0758. The molecule has 0 spiro atoms. The first-order chi connectivity index (χ1) is 11.3. The van der Waals surface area contributed by atoms with Gasteiger partial charge in [-0.15, -0.1) is 0 Å². The molecule has 8 heteroatoms. The number of nitro benzene ring substituents is 1. The lowest BCUT2D eigenvalue weighted by Crippen LogP contribution is -2.27. The van der Waals surface area contributed by atoms with Gasteiger partial charge in [0.15, 0.2) is 0 Å². The van der Waals surface area contributed by atoms with E-state index < -0.39 is 14.9 Å². The third-order valence-electron chi connectivity index (χ3n) is 3.52. The average molecular weight is 349 g/mol. The minimum Gasteiger partial charge on any atom is -0.261 e. The van der Waals surface area contributed by atoms with Crippen molar-refractivity contribution < 1.29 is 13.3 Å². The van der Waals surface area contributed by atoms with E-state index in [0.29, 0.717) is 12.0 Å². The average Bonchev–Trinajstić information content (AvgIpc) is 2.55. The minimum absolute atomic E-state index is 0.0484. The lowest BCUT2D eigenvalue weighted by molar-refractivity contribution is -0.385. The number of sulfonamides is 1. The molecule has 24 heavy (non-hydrogen) atoms. The molecule has 0 saturated heterocycles. The molecule has 0 unspecified atom stereocenters. The van der Waals surface area contributed by atoms with Crippen LogP contribution in [-0.4, -0.2) is 24.9 Å². The van der Waals surface area contributed by atoms with Crippen LogP contribution in [0.1, 0.15) is 31.0 Å². The van der Waals surface area contributed by atoms with Gasteiger partial charge in [0.05, 0.1) is 9.82 Å². The molecule has 2 rings (SSSR count). The van der Waals surface area contributed by atoms with Gasteiger partial charge in [-0.05, 0) is 23.6 Å². The zero-order valence-electron chi connectivity index (χ0n) is 13.5. The highest BCUT2D eigenvalue weighted by molar-refractivity contribution is 7.89. The standard InChI is InChI=1S/C16H19N3O4S/c1-12(2)15-7-6-14(19(20)21)11-16(15)24(22,23)18-10-8-13-5-3-4-9-17-13/h3-7,9,11-12,18H,8,10H2,1-2H3. The number of hydrogen-bond acceptors (Lipinski definition) is 5. The summed E-state index contributed by atoms with van der Waals surface area (Å²) in [4.78, 5) is 14.4. The fourth-order valence-corrected chi connectivity index (χ4v) is 3.70. The minimum atomic E-state index is -3.84. The maximum atomic E-state index is 12.6. The third kappa shape index (κ3) is 4.36. The van der Waals surface area contributed by atoms with E-state index in [1.165, 1.54) is 12.1 Å². The van der Waals surface area contributed by atoms with E-state index in [9.17, 15) is 18.5 Å². The van der Waals surface area contributed by atoms with Gasteiger partial charge in [0, 0.05) is 37.0 Å². The van der Waals surface area contributed by atoms with Crippen molar-refractivity contribution in [3.63, 3.8) is 0 Å². The predicted octanol–water partition coefficient (Wildman–Crippen LogP) is 2.63. The van der Waals surface area contributed by atoms with E-state index in [-0.39, 0.29) is 23.0 Å². The first kappa shape index (κ1) is 18.0. The Balaban J connectivity index is 2.23. The zero-order chi connectivity index (χ0) is 17.7. The molecule has 1 aromatic heterocycles. The van der Waals surface area contributed by atoms with Gasteiger partial charge in [0.25, 0.3) is 5.69 Å². The number of pyridine rings is 1. The Bertz CT molecular complexity index is 820. The highest BCUT2D eigenvalue weighted by Crippen LogP contribution is 2.27. The number of benzene rings is 1. The first-order valence-corrected chi connectivity index (χ1v) is 8.97. The van der Waals surface area contributed by atoms with Crippen molar-refractivity contribution in [2.24, 2.45) is 0 Å². The Morgan fingerprint density at radius 3 is 2.58 bits per heavy atom. The molecule has 0 bridgehead atoms. The van der Waals surface area contributed by atoms with Gasteiger partial charge in [0.2, 0.25) is 10.0 Å². The van der Waals surface area contributed by atoms with E-state index >= 15 is 0 Å². The summed E-state index contributed by atoms with van der Waals surface area (Å²) >= 11 is 0. The lowest BCUT2D eigenvalue weighted by atomic mass is 10.0. The van der Waals surface area contributed by atoms with Crippen molar-refractivity contribution in [1.29, 1.82) is 0 Å². The monoisotopic (exact) mass is 349 g/mol. The predicted molar refractivity (Wildman–Crippen MR) is 90.3 cm³/mol. The maximum Gasteiger partial charge on any atom is 0.270 e. The number of aromatic nitrogens is 1. The van der Waals surface area contributed by atoms with E-state index in [0.717, 1.165) is 11.8 Å². The molecule has 0 atom stereocenters. The summed E-state index contributed by atoms with van der Waals surface area (Å²) in [7, 11) is -3.84. The van der Waals surface area contributed by atoms with Gasteiger partial charge in [-0.25, -0.2) is 13.1 Å².